The van der Waals surface area contributed by atoms with Gasteiger partial charge in [-0.3, -0.25) is 9.69 Å². The number of hydrogen-bond acceptors (Lipinski definition) is 5. The molecule has 0 spiro atoms. The number of carbonyl (C=O) groups is 1. The van der Waals surface area contributed by atoms with Crippen LogP contribution in [0.25, 0.3) is 0 Å². The van der Waals surface area contributed by atoms with E-state index in [4.69, 9.17) is 9.47 Å². The maximum absolute atomic E-state index is 11.8. The van der Waals surface area contributed by atoms with Gasteiger partial charge in [-0.25, -0.2) is 4.98 Å². The lowest BCUT2D eigenvalue weighted by atomic mass is 9.97. The van der Waals surface area contributed by atoms with Crippen molar-refractivity contribution in [2.24, 2.45) is 0 Å². The lowest BCUT2D eigenvalue weighted by molar-refractivity contribution is -0.156. The zero-order chi connectivity index (χ0) is 16.9. The summed E-state index contributed by atoms with van der Waals surface area (Å²) in [5.74, 6) is 0.979. The third-order valence-electron chi connectivity index (χ3n) is 4.24. The molecule has 23 heavy (non-hydrogen) atoms. The summed E-state index contributed by atoms with van der Waals surface area (Å²) in [5, 5.41) is 2.67. The van der Waals surface area contributed by atoms with Crippen LogP contribution >= 0.6 is 0 Å². The fraction of sp³-hybridized carbons (Fsp3) is 0.750. The molecule has 7 nitrogen and oxygen atoms in total. The summed E-state index contributed by atoms with van der Waals surface area (Å²) in [6.45, 7) is 7.36. The number of nitrogens with zero attached hydrogens (tertiary/aromatic N) is 2. The van der Waals surface area contributed by atoms with Crippen molar-refractivity contribution in [3.8, 4) is 0 Å². The highest BCUT2D eigenvalue weighted by Crippen LogP contribution is 2.24. The summed E-state index contributed by atoms with van der Waals surface area (Å²) >= 11 is 0. The van der Waals surface area contributed by atoms with E-state index in [-0.39, 0.29) is 5.91 Å². The number of aromatic amines is 1. The maximum atomic E-state index is 11.8. The number of aryl methyl sites for hydroxylation is 2. The SMILES string of the molecule is CCc1nc(CN2CCO[C@@](COC)(CC(=O)NC)C2)c(C)[nH]1. The molecule has 1 fully saturated rings. The Hall–Kier alpha value is -1.44. The minimum atomic E-state index is -0.592. The summed E-state index contributed by atoms with van der Waals surface area (Å²) in [7, 11) is 3.28. The first-order chi connectivity index (χ1) is 11.0. The molecule has 0 unspecified atom stereocenters. The maximum Gasteiger partial charge on any atom is 0.222 e. The smallest absolute Gasteiger partial charge is 0.222 e. The molecular weight excluding hydrogens is 296 g/mol. The summed E-state index contributed by atoms with van der Waals surface area (Å²) in [6, 6.07) is 0. The van der Waals surface area contributed by atoms with Gasteiger partial charge in [-0.15, -0.1) is 0 Å². The van der Waals surface area contributed by atoms with Crippen molar-refractivity contribution in [1.82, 2.24) is 20.2 Å². The number of hydrogen-bond donors (Lipinski definition) is 2. The molecule has 0 radical (unpaired) electrons. The number of imidazole rings is 1. The van der Waals surface area contributed by atoms with Gasteiger partial charge in [-0.1, -0.05) is 6.92 Å². The van der Waals surface area contributed by atoms with E-state index in [1.165, 1.54) is 0 Å². The monoisotopic (exact) mass is 324 g/mol. The van der Waals surface area contributed by atoms with Gasteiger partial charge in [0.1, 0.15) is 11.4 Å². The molecule has 2 heterocycles. The number of nitrogens with one attached hydrogen (secondary N) is 2. The number of rotatable bonds is 7. The van der Waals surface area contributed by atoms with Gasteiger partial charge < -0.3 is 19.8 Å². The standard InChI is InChI=1S/C16H28N4O3/c1-5-14-18-12(2)13(19-14)9-20-6-7-23-16(10-20,11-22-4)8-15(21)17-3/h5-11H2,1-4H3,(H,17,21)(H,18,19)/t16-/m0/s1. The molecule has 130 valence electrons. The molecule has 7 heteroatoms. The molecule has 1 saturated heterocycles. The van der Waals surface area contributed by atoms with Gasteiger partial charge in [-0.2, -0.15) is 0 Å². The topological polar surface area (TPSA) is 79.5 Å². The van der Waals surface area contributed by atoms with E-state index in [0.29, 0.717) is 26.2 Å². The first kappa shape index (κ1) is 17.9. The number of methoxy groups -OCH3 is 1. The Morgan fingerprint density at radius 2 is 2.35 bits per heavy atom. The van der Waals surface area contributed by atoms with Gasteiger partial charge in [0.15, 0.2) is 0 Å². The van der Waals surface area contributed by atoms with Crippen LogP contribution in [0.4, 0.5) is 0 Å². The van der Waals surface area contributed by atoms with Crippen LogP contribution in [0, 0.1) is 6.92 Å². The predicted molar refractivity (Wildman–Crippen MR) is 87.2 cm³/mol. The first-order valence-electron chi connectivity index (χ1n) is 8.12. The highest BCUT2D eigenvalue weighted by molar-refractivity contribution is 5.76. The predicted octanol–water partition coefficient (Wildman–Crippen LogP) is 0.634. The van der Waals surface area contributed by atoms with E-state index in [1.54, 1.807) is 14.2 Å². The van der Waals surface area contributed by atoms with Crippen molar-refractivity contribution in [2.75, 3.05) is 40.5 Å². The second-order valence-electron chi connectivity index (χ2n) is 6.13. The van der Waals surface area contributed by atoms with Gasteiger partial charge >= 0.3 is 0 Å². The van der Waals surface area contributed by atoms with Crippen LogP contribution in [-0.2, 0) is 27.2 Å². The van der Waals surface area contributed by atoms with Gasteiger partial charge in [0.05, 0.1) is 25.3 Å². The van der Waals surface area contributed by atoms with Crippen molar-refractivity contribution >= 4 is 5.91 Å². The Labute approximate surface area is 137 Å². The molecule has 2 N–H and O–H groups in total. The number of morpholine rings is 1. The Morgan fingerprint density at radius 1 is 1.57 bits per heavy atom. The molecule has 1 amide bonds. The van der Waals surface area contributed by atoms with E-state index >= 15 is 0 Å². The van der Waals surface area contributed by atoms with Crippen LogP contribution in [0.2, 0.25) is 0 Å². The second kappa shape index (κ2) is 7.90. The van der Waals surface area contributed by atoms with Crippen LogP contribution in [-0.4, -0.2) is 66.8 Å². The molecule has 1 aromatic rings. The van der Waals surface area contributed by atoms with E-state index in [2.05, 4.69) is 34.0 Å². The first-order valence-corrected chi connectivity index (χ1v) is 8.12. The average Bonchev–Trinajstić information content (AvgIpc) is 2.88. The zero-order valence-corrected chi connectivity index (χ0v) is 14.6. The molecule has 0 saturated carbocycles. The minimum absolute atomic E-state index is 0.0341. The lowest BCUT2D eigenvalue weighted by Crippen LogP contribution is -2.55. The van der Waals surface area contributed by atoms with Crippen LogP contribution in [0.15, 0.2) is 0 Å². The third kappa shape index (κ3) is 4.53. The van der Waals surface area contributed by atoms with E-state index < -0.39 is 5.60 Å². The fourth-order valence-electron chi connectivity index (χ4n) is 3.04. The summed E-state index contributed by atoms with van der Waals surface area (Å²) in [4.78, 5) is 22.1. The van der Waals surface area contributed by atoms with E-state index in [1.807, 2.05) is 0 Å². The number of ether oxygens (including phenoxy) is 2. The van der Waals surface area contributed by atoms with Crippen LogP contribution in [0.1, 0.15) is 30.6 Å². The van der Waals surface area contributed by atoms with Crippen molar-refractivity contribution in [3.63, 3.8) is 0 Å². The number of carbonyl (C=O) groups excluding carboxylic acids is 1. The van der Waals surface area contributed by atoms with Gasteiger partial charge in [0.25, 0.3) is 0 Å². The Balaban J connectivity index is 2.07. The van der Waals surface area contributed by atoms with Crippen LogP contribution < -0.4 is 5.32 Å². The molecule has 1 atom stereocenters. The Morgan fingerprint density at radius 3 is 2.96 bits per heavy atom. The van der Waals surface area contributed by atoms with Crippen LogP contribution in [0.3, 0.4) is 0 Å². The summed E-state index contributed by atoms with van der Waals surface area (Å²) < 4.78 is 11.3. The summed E-state index contributed by atoms with van der Waals surface area (Å²) in [5.41, 5.74) is 1.58. The molecular formula is C16H28N4O3. The molecule has 0 aliphatic carbocycles. The van der Waals surface area contributed by atoms with E-state index in [0.717, 1.165) is 36.7 Å². The molecule has 1 aliphatic heterocycles. The summed E-state index contributed by atoms with van der Waals surface area (Å²) in [6.07, 6.45) is 1.20. The lowest BCUT2D eigenvalue weighted by Gasteiger charge is -2.41. The average molecular weight is 324 g/mol. The second-order valence-corrected chi connectivity index (χ2v) is 6.13. The van der Waals surface area contributed by atoms with E-state index in [9.17, 15) is 4.79 Å². The van der Waals surface area contributed by atoms with Gasteiger partial charge in [0, 0.05) is 45.9 Å². The van der Waals surface area contributed by atoms with Crippen molar-refractivity contribution in [2.45, 2.75) is 38.8 Å². The molecule has 0 bridgehead atoms. The number of H-pyrrole nitrogens is 1. The van der Waals surface area contributed by atoms with Crippen molar-refractivity contribution in [3.05, 3.63) is 17.2 Å². The van der Waals surface area contributed by atoms with Gasteiger partial charge in [0.2, 0.25) is 5.91 Å². The van der Waals surface area contributed by atoms with Crippen LogP contribution in [0.5, 0.6) is 0 Å². The zero-order valence-electron chi connectivity index (χ0n) is 14.6. The molecule has 1 aromatic heterocycles. The Bertz CT molecular complexity index is 527. The Kier molecular flexibility index (Phi) is 6.15. The quantitative estimate of drug-likeness (QED) is 0.769. The highest BCUT2D eigenvalue weighted by atomic mass is 16.5. The largest absolute Gasteiger partial charge is 0.382 e. The fourth-order valence-corrected chi connectivity index (χ4v) is 3.04. The number of aromatic nitrogens is 2. The number of amides is 1. The minimum Gasteiger partial charge on any atom is -0.382 e. The highest BCUT2D eigenvalue weighted by Gasteiger charge is 2.39. The molecule has 1 aliphatic rings. The molecule has 0 aromatic carbocycles. The third-order valence-corrected chi connectivity index (χ3v) is 4.24. The van der Waals surface area contributed by atoms with Gasteiger partial charge in [-0.05, 0) is 6.92 Å². The van der Waals surface area contributed by atoms with Crippen molar-refractivity contribution < 1.29 is 14.3 Å². The van der Waals surface area contributed by atoms with Crippen molar-refractivity contribution in [1.29, 1.82) is 0 Å². The normalized spacial score (nSPS) is 22.3. The molecule has 2 rings (SSSR count).